The molecule has 3 nitrogen and oxygen atoms in total. The Morgan fingerprint density at radius 3 is 2.93 bits per heavy atom. The van der Waals surface area contributed by atoms with Gasteiger partial charge in [0.2, 0.25) is 0 Å². The SMILES string of the molecule is CCc1ccc2ncc(C=O)n2c1C. The second-order valence-electron chi connectivity index (χ2n) is 3.29. The smallest absolute Gasteiger partial charge is 0.168 e. The zero-order chi connectivity index (χ0) is 10.1. The quantitative estimate of drug-likeness (QED) is 0.676. The number of carbonyl (C=O) groups is 1. The maximum absolute atomic E-state index is 10.8. The number of carbonyl (C=O) groups excluding carboxylic acids is 1. The van der Waals surface area contributed by atoms with Crippen molar-refractivity contribution in [2.45, 2.75) is 20.3 Å². The molecule has 0 fully saturated rings. The average molecular weight is 188 g/mol. The van der Waals surface area contributed by atoms with Crippen LogP contribution in [-0.4, -0.2) is 15.7 Å². The first-order chi connectivity index (χ1) is 6.77. The van der Waals surface area contributed by atoms with Crippen molar-refractivity contribution in [1.29, 1.82) is 0 Å². The van der Waals surface area contributed by atoms with Crippen LogP contribution in [0.3, 0.4) is 0 Å². The van der Waals surface area contributed by atoms with Crippen LogP contribution in [0, 0.1) is 6.92 Å². The summed E-state index contributed by atoms with van der Waals surface area (Å²) >= 11 is 0. The molecule has 14 heavy (non-hydrogen) atoms. The summed E-state index contributed by atoms with van der Waals surface area (Å²) in [6, 6.07) is 4.01. The number of hydrogen-bond donors (Lipinski definition) is 0. The number of rotatable bonds is 2. The van der Waals surface area contributed by atoms with Crippen molar-refractivity contribution >= 4 is 11.9 Å². The molecular weight excluding hydrogens is 176 g/mol. The van der Waals surface area contributed by atoms with Gasteiger partial charge in [-0.25, -0.2) is 4.98 Å². The monoisotopic (exact) mass is 188 g/mol. The van der Waals surface area contributed by atoms with Crippen LogP contribution >= 0.6 is 0 Å². The third-order valence-electron chi connectivity index (χ3n) is 2.55. The standard InChI is InChI=1S/C11H12N2O/c1-3-9-4-5-11-12-6-10(7-14)13(11)8(9)2/h4-7H,3H2,1-2H3. The average Bonchev–Trinajstić information content (AvgIpc) is 2.62. The summed E-state index contributed by atoms with van der Waals surface area (Å²) in [7, 11) is 0. The molecule has 0 amide bonds. The van der Waals surface area contributed by atoms with E-state index in [9.17, 15) is 4.79 Å². The maximum atomic E-state index is 10.8. The Hall–Kier alpha value is -1.64. The Kier molecular flexibility index (Phi) is 2.08. The molecule has 0 saturated carbocycles. The van der Waals surface area contributed by atoms with Gasteiger partial charge in [0.15, 0.2) is 6.29 Å². The summed E-state index contributed by atoms with van der Waals surface area (Å²) in [5, 5.41) is 0. The molecule has 0 aliphatic heterocycles. The van der Waals surface area contributed by atoms with Crippen LogP contribution in [0.1, 0.15) is 28.7 Å². The number of fused-ring (bicyclic) bond motifs is 1. The van der Waals surface area contributed by atoms with Crippen molar-refractivity contribution in [3.8, 4) is 0 Å². The Labute approximate surface area is 82.4 Å². The molecule has 0 radical (unpaired) electrons. The minimum atomic E-state index is 0.618. The molecule has 2 heterocycles. The first kappa shape index (κ1) is 8.94. The summed E-state index contributed by atoms with van der Waals surface area (Å²) in [4.78, 5) is 14.9. The van der Waals surface area contributed by atoms with Crippen LogP contribution in [0.4, 0.5) is 0 Å². The highest BCUT2D eigenvalue weighted by Crippen LogP contribution is 2.14. The normalized spacial score (nSPS) is 10.7. The number of aromatic nitrogens is 2. The van der Waals surface area contributed by atoms with Crippen molar-refractivity contribution in [3.05, 3.63) is 35.3 Å². The van der Waals surface area contributed by atoms with E-state index in [4.69, 9.17) is 0 Å². The highest BCUT2D eigenvalue weighted by molar-refractivity contribution is 5.74. The Balaban J connectivity index is 2.83. The van der Waals surface area contributed by atoms with Gasteiger partial charge in [0.05, 0.1) is 6.20 Å². The van der Waals surface area contributed by atoms with E-state index in [2.05, 4.69) is 18.0 Å². The molecule has 0 saturated heterocycles. The van der Waals surface area contributed by atoms with Gasteiger partial charge in [-0.2, -0.15) is 0 Å². The van der Waals surface area contributed by atoms with Gasteiger partial charge in [0.1, 0.15) is 11.3 Å². The van der Waals surface area contributed by atoms with Crippen LogP contribution in [0.2, 0.25) is 0 Å². The summed E-state index contributed by atoms with van der Waals surface area (Å²) in [5.74, 6) is 0. The first-order valence-corrected chi connectivity index (χ1v) is 4.69. The summed E-state index contributed by atoms with van der Waals surface area (Å²) in [5.41, 5.74) is 3.80. The number of hydrogen-bond acceptors (Lipinski definition) is 2. The molecule has 0 aliphatic carbocycles. The fraction of sp³-hybridized carbons (Fsp3) is 0.273. The van der Waals surface area contributed by atoms with E-state index >= 15 is 0 Å². The third-order valence-corrected chi connectivity index (χ3v) is 2.55. The van der Waals surface area contributed by atoms with Gasteiger partial charge < -0.3 is 0 Å². The number of aldehydes is 1. The molecule has 3 heteroatoms. The summed E-state index contributed by atoms with van der Waals surface area (Å²) in [6.07, 6.45) is 3.42. The fourth-order valence-electron chi connectivity index (χ4n) is 1.76. The Bertz CT molecular complexity index is 485. The van der Waals surface area contributed by atoms with Gasteiger partial charge in [0, 0.05) is 5.69 Å². The molecule has 0 unspecified atom stereocenters. The van der Waals surface area contributed by atoms with Gasteiger partial charge in [0.25, 0.3) is 0 Å². The molecule has 0 spiro atoms. The molecule has 72 valence electrons. The van der Waals surface area contributed by atoms with Crippen LogP contribution in [0.15, 0.2) is 18.3 Å². The molecule has 0 bridgehead atoms. The minimum Gasteiger partial charge on any atom is -0.296 e. The van der Waals surface area contributed by atoms with E-state index in [0.29, 0.717) is 5.69 Å². The molecule has 2 aromatic heterocycles. The topological polar surface area (TPSA) is 34.4 Å². The van der Waals surface area contributed by atoms with Crippen molar-refractivity contribution < 1.29 is 4.79 Å². The maximum Gasteiger partial charge on any atom is 0.168 e. The highest BCUT2D eigenvalue weighted by Gasteiger charge is 2.06. The van der Waals surface area contributed by atoms with Gasteiger partial charge in [-0.05, 0) is 25.0 Å². The molecule has 0 aliphatic rings. The van der Waals surface area contributed by atoms with E-state index in [-0.39, 0.29) is 0 Å². The summed E-state index contributed by atoms with van der Waals surface area (Å²) < 4.78 is 1.89. The number of pyridine rings is 1. The zero-order valence-electron chi connectivity index (χ0n) is 8.32. The zero-order valence-corrected chi connectivity index (χ0v) is 8.32. The fourth-order valence-corrected chi connectivity index (χ4v) is 1.76. The molecular formula is C11H12N2O. The number of imidazole rings is 1. The van der Waals surface area contributed by atoms with Gasteiger partial charge in [-0.1, -0.05) is 13.0 Å². The van der Waals surface area contributed by atoms with Crippen LogP contribution < -0.4 is 0 Å². The lowest BCUT2D eigenvalue weighted by Crippen LogP contribution is -1.99. The molecule has 0 N–H and O–H groups in total. The minimum absolute atomic E-state index is 0.618. The van der Waals surface area contributed by atoms with Crippen LogP contribution in [0.5, 0.6) is 0 Å². The lowest BCUT2D eigenvalue weighted by atomic mass is 10.1. The van der Waals surface area contributed by atoms with Crippen molar-refractivity contribution in [2.24, 2.45) is 0 Å². The van der Waals surface area contributed by atoms with E-state index in [1.54, 1.807) is 6.20 Å². The predicted octanol–water partition coefficient (Wildman–Crippen LogP) is 2.02. The van der Waals surface area contributed by atoms with Crippen molar-refractivity contribution in [2.75, 3.05) is 0 Å². The van der Waals surface area contributed by atoms with Crippen molar-refractivity contribution in [1.82, 2.24) is 9.38 Å². The van der Waals surface area contributed by atoms with Crippen molar-refractivity contribution in [3.63, 3.8) is 0 Å². The first-order valence-electron chi connectivity index (χ1n) is 4.69. The van der Waals surface area contributed by atoms with Gasteiger partial charge >= 0.3 is 0 Å². The van der Waals surface area contributed by atoms with E-state index in [0.717, 1.165) is 24.0 Å². The van der Waals surface area contributed by atoms with E-state index in [1.165, 1.54) is 5.56 Å². The van der Waals surface area contributed by atoms with Crippen LogP contribution in [-0.2, 0) is 6.42 Å². The Morgan fingerprint density at radius 1 is 1.50 bits per heavy atom. The predicted molar refractivity (Wildman–Crippen MR) is 54.7 cm³/mol. The molecule has 2 aromatic rings. The largest absolute Gasteiger partial charge is 0.296 e. The third kappa shape index (κ3) is 1.13. The second kappa shape index (κ2) is 3.25. The molecule has 0 aromatic carbocycles. The van der Waals surface area contributed by atoms with E-state index < -0.39 is 0 Å². The lowest BCUT2D eigenvalue weighted by Gasteiger charge is -2.06. The molecule has 2 rings (SSSR count). The number of nitrogens with zero attached hydrogens (tertiary/aromatic N) is 2. The van der Waals surface area contributed by atoms with Crippen LogP contribution in [0.25, 0.3) is 5.65 Å². The van der Waals surface area contributed by atoms with Gasteiger partial charge in [-0.15, -0.1) is 0 Å². The second-order valence-corrected chi connectivity index (χ2v) is 3.29. The van der Waals surface area contributed by atoms with Gasteiger partial charge in [-0.3, -0.25) is 9.20 Å². The summed E-state index contributed by atoms with van der Waals surface area (Å²) in [6.45, 7) is 4.12. The molecule has 0 atom stereocenters. The lowest BCUT2D eigenvalue weighted by molar-refractivity contribution is 0.111. The van der Waals surface area contributed by atoms with E-state index in [1.807, 2.05) is 17.4 Å². The number of aryl methyl sites for hydroxylation is 2. The Morgan fingerprint density at radius 2 is 2.29 bits per heavy atom. The highest BCUT2D eigenvalue weighted by atomic mass is 16.1.